The van der Waals surface area contributed by atoms with Gasteiger partial charge in [0.15, 0.2) is 0 Å². The second-order valence-corrected chi connectivity index (χ2v) is 4.60. The molecule has 17 heavy (non-hydrogen) atoms. The Kier molecular flexibility index (Phi) is 3.45. The summed E-state index contributed by atoms with van der Waals surface area (Å²) in [6.45, 7) is 4.61. The van der Waals surface area contributed by atoms with Crippen molar-refractivity contribution < 1.29 is 0 Å². The van der Waals surface area contributed by atoms with Crippen molar-refractivity contribution in [2.45, 2.75) is 26.3 Å². The SMILES string of the molecule is CC(C)c1c(CN)nnn1-c1ccc(Cl)cc1. The van der Waals surface area contributed by atoms with Crippen molar-refractivity contribution in [2.24, 2.45) is 5.73 Å². The van der Waals surface area contributed by atoms with Crippen LogP contribution in [0.25, 0.3) is 5.69 Å². The van der Waals surface area contributed by atoms with Crippen LogP contribution in [-0.2, 0) is 6.54 Å². The van der Waals surface area contributed by atoms with Crippen LogP contribution in [0.15, 0.2) is 24.3 Å². The molecule has 0 spiro atoms. The lowest BCUT2D eigenvalue weighted by molar-refractivity contribution is 0.714. The first-order valence-electron chi connectivity index (χ1n) is 5.54. The second-order valence-electron chi connectivity index (χ2n) is 4.17. The van der Waals surface area contributed by atoms with Crippen molar-refractivity contribution >= 4 is 11.6 Å². The van der Waals surface area contributed by atoms with Gasteiger partial charge in [0, 0.05) is 11.6 Å². The van der Waals surface area contributed by atoms with Gasteiger partial charge < -0.3 is 5.73 Å². The molecule has 0 aliphatic carbocycles. The molecule has 0 radical (unpaired) electrons. The van der Waals surface area contributed by atoms with Gasteiger partial charge in [0.1, 0.15) is 5.69 Å². The van der Waals surface area contributed by atoms with Crippen LogP contribution in [0.4, 0.5) is 0 Å². The molecule has 0 saturated heterocycles. The molecule has 90 valence electrons. The highest BCUT2D eigenvalue weighted by Gasteiger charge is 2.15. The smallest absolute Gasteiger partial charge is 0.100 e. The minimum absolute atomic E-state index is 0.319. The van der Waals surface area contributed by atoms with Crippen molar-refractivity contribution in [3.8, 4) is 5.69 Å². The molecular weight excluding hydrogens is 236 g/mol. The predicted molar refractivity (Wildman–Crippen MR) is 68.3 cm³/mol. The van der Waals surface area contributed by atoms with Crippen LogP contribution in [0.2, 0.25) is 5.02 Å². The van der Waals surface area contributed by atoms with Crippen LogP contribution >= 0.6 is 11.6 Å². The number of nitrogens with zero attached hydrogens (tertiary/aromatic N) is 3. The summed E-state index contributed by atoms with van der Waals surface area (Å²) in [6.07, 6.45) is 0. The fourth-order valence-corrected chi connectivity index (χ4v) is 1.94. The summed E-state index contributed by atoms with van der Waals surface area (Å²) < 4.78 is 1.82. The Balaban J connectivity index is 2.51. The molecule has 4 nitrogen and oxygen atoms in total. The van der Waals surface area contributed by atoms with Gasteiger partial charge in [-0.1, -0.05) is 30.7 Å². The van der Waals surface area contributed by atoms with E-state index in [0.29, 0.717) is 17.5 Å². The Labute approximate surface area is 105 Å². The average Bonchev–Trinajstić information content (AvgIpc) is 2.73. The van der Waals surface area contributed by atoms with Gasteiger partial charge >= 0.3 is 0 Å². The van der Waals surface area contributed by atoms with E-state index in [1.807, 2.05) is 28.9 Å². The monoisotopic (exact) mass is 250 g/mol. The van der Waals surface area contributed by atoms with Crippen LogP contribution in [0.5, 0.6) is 0 Å². The first-order chi connectivity index (χ1) is 8.13. The quantitative estimate of drug-likeness (QED) is 0.911. The van der Waals surface area contributed by atoms with Gasteiger partial charge in [-0.2, -0.15) is 0 Å². The zero-order valence-corrected chi connectivity index (χ0v) is 10.6. The largest absolute Gasteiger partial charge is 0.325 e. The van der Waals surface area contributed by atoms with Gasteiger partial charge in [-0.15, -0.1) is 5.10 Å². The highest BCUT2D eigenvalue weighted by molar-refractivity contribution is 6.30. The summed E-state index contributed by atoms with van der Waals surface area (Å²) >= 11 is 5.87. The summed E-state index contributed by atoms with van der Waals surface area (Å²) in [7, 11) is 0. The van der Waals surface area contributed by atoms with E-state index in [-0.39, 0.29) is 0 Å². The standard InChI is InChI=1S/C12H15ClN4/c1-8(2)12-11(7-14)15-16-17(12)10-5-3-9(13)4-6-10/h3-6,8H,7,14H2,1-2H3. The van der Waals surface area contributed by atoms with Gasteiger partial charge in [0.2, 0.25) is 0 Å². The molecule has 1 aromatic heterocycles. The van der Waals surface area contributed by atoms with Crippen molar-refractivity contribution in [3.05, 3.63) is 40.7 Å². The highest BCUT2D eigenvalue weighted by atomic mass is 35.5. The van der Waals surface area contributed by atoms with Crippen LogP contribution in [-0.4, -0.2) is 15.0 Å². The number of aromatic nitrogens is 3. The Bertz CT molecular complexity index is 502. The number of halogens is 1. The minimum Gasteiger partial charge on any atom is -0.325 e. The highest BCUT2D eigenvalue weighted by Crippen LogP contribution is 2.22. The third kappa shape index (κ3) is 2.33. The zero-order chi connectivity index (χ0) is 12.4. The first-order valence-corrected chi connectivity index (χ1v) is 5.91. The lowest BCUT2D eigenvalue weighted by atomic mass is 10.1. The molecule has 0 amide bonds. The van der Waals surface area contributed by atoms with Gasteiger partial charge in [-0.3, -0.25) is 0 Å². The van der Waals surface area contributed by atoms with Gasteiger partial charge in [-0.25, -0.2) is 4.68 Å². The number of hydrogen-bond acceptors (Lipinski definition) is 3. The van der Waals surface area contributed by atoms with Crippen molar-refractivity contribution in [1.82, 2.24) is 15.0 Å². The normalized spacial score (nSPS) is 11.1. The number of benzene rings is 1. The molecule has 2 aromatic rings. The molecule has 1 heterocycles. The Morgan fingerprint density at radius 1 is 1.29 bits per heavy atom. The lowest BCUT2D eigenvalue weighted by Crippen LogP contribution is -2.07. The van der Waals surface area contributed by atoms with Crippen molar-refractivity contribution in [2.75, 3.05) is 0 Å². The van der Waals surface area contributed by atoms with E-state index >= 15 is 0 Å². The summed E-state index contributed by atoms with van der Waals surface area (Å²) in [5, 5.41) is 8.97. The predicted octanol–water partition coefficient (Wildman–Crippen LogP) is 2.50. The van der Waals surface area contributed by atoms with Crippen LogP contribution in [0.3, 0.4) is 0 Å². The topological polar surface area (TPSA) is 56.7 Å². The number of nitrogens with two attached hydrogens (primary N) is 1. The molecule has 0 aliphatic rings. The molecule has 0 aliphatic heterocycles. The molecule has 1 aromatic carbocycles. The van der Waals surface area contributed by atoms with Gasteiger partial charge in [0.05, 0.1) is 11.4 Å². The number of hydrogen-bond donors (Lipinski definition) is 1. The average molecular weight is 251 g/mol. The van der Waals surface area contributed by atoms with E-state index in [9.17, 15) is 0 Å². The summed E-state index contributed by atoms with van der Waals surface area (Å²) in [4.78, 5) is 0. The van der Waals surface area contributed by atoms with Crippen LogP contribution < -0.4 is 5.73 Å². The summed E-state index contributed by atoms with van der Waals surface area (Å²) in [5.74, 6) is 0.319. The zero-order valence-electron chi connectivity index (χ0n) is 9.89. The summed E-state index contributed by atoms with van der Waals surface area (Å²) in [6, 6.07) is 7.52. The van der Waals surface area contributed by atoms with E-state index < -0.39 is 0 Å². The molecule has 0 saturated carbocycles. The third-order valence-corrected chi connectivity index (χ3v) is 2.84. The molecule has 5 heteroatoms. The summed E-state index contributed by atoms with van der Waals surface area (Å²) in [5.41, 5.74) is 8.51. The van der Waals surface area contributed by atoms with E-state index in [0.717, 1.165) is 17.1 Å². The maximum Gasteiger partial charge on any atom is 0.100 e. The molecule has 2 N–H and O–H groups in total. The van der Waals surface area contributed by atoms with Crippen molar-refractivity contribution in [1.29, 1.82) is 0 Å². The Morgan fingerprint density at radius 3 is 2.47 bits per heavy atom. The molecule has 0 unspecified atom stereocenters. The van der Waals surface area contributed by atoms with Crippen LogP contribution in [0, 0.1) is 0 Å². The Hall–Kier alpha value is -1.39. The Morgan fingerprint density at radius 2 is 1.94 bits per heavy atom. The first kappa shape index (κ1) is 12.1. The third-order valence-electron chi connectivity index (χ3n) is 2.59. The van der Waals surface area contributed by atoms with E-state index in [4.69, 9.17) is 17.3 Å². The van der Waals surface area contributed by atoms with E-state index in [1.165, 1.54) is 0 Å². The minimum atomic E-state index is 0.319. The van der Waals surface area contributed by atoms with E-state index in [2.05, 4.69) is 24.2 Å². The maximum absolute atomic E-state index is 5.87. The lowest BCUT2D eigenvalue weighted by Gasteiger charge is -2.10. The molecule has 0 atom stereocenters. The van der Waals surface area contributed by atoms with Gasteiger partial charge in [-0.05, 0) is 30.2 Å². The second kappa shape index (κ2) is 4.85. The molecule has 2 rings (SSSR count). The molecular formula is C12H15ClN4. The van der Waals surface area contributed by atoms with Crippen molar-refractivity contribution in [3.63, 3.8) is 0 Å². The van der Waals surface area contributed by atoms with Crippen LogP contribution in [0.1, 0.15) is 31.2 Å². The fourth-order valence-electron chi connectivity index (χ4n) is 1.82. The molecule has 0 bridgehead atoms. The fraction of sp³-hybridized carbons (Fsp3) is 0.333. The molecule has 0 fully saturated rings. The maximum atomic E-state index is 5.87. The van der Waals surface area contributed by atoms with Gasteiger partial charge in [0.25, 0.3) is 0 Å². The number of rotatable bonds is 3. The van der Waals surface area contributed by atoms with E-state index in [1.54, 1.807) is 0 Å².